The van der Waals surface area contributed by atoms with Crippen LogP contribution in [-0.2, 0) is 0 Å². The molecular formula is C14H12N4O. The van der Waals surface area contributed by atoms with Gasteiger partial charge in [-0.1, -0.05) is 0 Å². The van der Waals surface area contributed by atoms with E-state index in [-0.39, 0.29) is 5.91 Å². The number of rotatable bonds is 2. The van der Waals surface area contributed by atoms with Gasteiger partial charge in [0.05, 0.1) is 11.4 Å². The van der Waals surface area contributed by atoms with Crippen molar-refractivity contribution in [2.75, 3.05) is 5.32 Å². The van der Waals surface area contributed by atoms with Gasteiger partial charge in [0.2, 0.25) is 0 Å². The van der Waals surface area contributed by atoms with Crippen LogP contribution in [0.25, 0.3) is 5.65 Å². The van der Waals surface area contributed by atoms with Crippen LogP contribution in [0.1, 0.15) is 16.1 Å². The second kappa shape index (κ2) is 4.53. The minimum Gasteiger partial charge on any atom is -0.319 e. The number of nitrogens with zero attached hydrogens (tertiary/aromatic N) is 3. The number of carbonyl (C=O) groups is 1. The zero-order chi connectivity index (χ0) is 13.2. The highest BCUT2D eigenvalue weighted by Crippen LogP contribution is 2.17. The van der Waals surface area contributed by atoms with E-state index in [9.17, 15) is 4.79 Å². The number of anilines is 1. The molecule has 5 heteroatoms. The zero-order valence-corrected chi connectivity index (χ0v) is 10.4. The number of imidazole rings is 1. The number of pyridine rings is 2. The molecule has 1 amide bonds. The van der Waals surface area contributed by atoms with Crippen LogP contribution < -0.4 is 5.32 Å². The Morgan fingerprint density at radius 2 is 2.05 bits per heavy atom. The number of aromatic nitrogens is 3. The van der Waals surface area contributed by atoms with Crippen LogP contribution in [-0.4, -0.2) is 20.3 Å². The normalized spacial score (nSPS) is 10.6. The molecule has 0 saturated carbocycles. The average molecular weight is 252 g/mol. The highest BCUT2D eigenvalue weighted by atomic mass is 16.1. The van der Waals surface area contributed by atoms with Crippen LogP contribution in [0.4, 0.5) is 5.69 Å². The van der Waals surface area contributed by atoms with E-state index in [1.165, 1.54) is 0 Å². The maximum atomic E-state index is 12.1. The van der Waals surface area contributed by atoms with E-state index >= 15 is 0 Å². The molecule has 0 aliphatic rings. The summed E-state index contributed by atoms with van der Waals surface area (Å²) >= 11 is 0. The monoisotopic (exact) mass is 252 g/mol. The largest absolute Gasteiger partial charge is 0.319 e. The molecule has 1 N–H and O–H groups in total. The van der Waals surface area contributed by atoms with Crippen LogP contribution in [0.5, 0.6) is 0 Å². The van der Waals surface area contributed by atoms with Crippen LogP contribution in [0.3, 0.4) is 0 Å². The fourth-order valence-electron chi connectivity index (χ4n) is 1.93. The van der Waals surface area contributed by atoms with Gasteiger partial charge in [0.25, 0.3) is 5.91 Å². The number of fused-ring (bicyclic) bond motifs is 1. The van der Waals surface area contributed by atoms with Gasteiger partial charge in [-0.2, -0.15) is 0 Å². The molecule has 0 saturated heterocycles. The first kappa shape index (κ1) is 11.4. The van der Waals surface area contributed by atoms with Gasteiger partial charge in [-0.25, -0.2) is 4.98 Å². The SMILES string of the molecule is Cc1cn2cccc(NC(=O)c3ccncc3)c2n1. The molecule has 3 aromatic rings. The van der Waals surface area contributed by atoms with E-state index in [4.69, 9.17) is 0 Å². The first-order valence-electron chi connectivity index (χ1n) is 5.90. The zero-order valence-electron chi connectivity index (χ0n) is 10.4. The molecular weight excluding hydrogens is 240 g/mol. The second-order valence-electron chi connectivity index (χ2n) is 4.23. The first-order valence-corrected chi connectivity index (χ1v) is 5.90. The van der Waals surface area contributed by atoms with Gasteiger partial charge in [-0.05, 0) is 31.2 Å². The molecule has 3 heterocycles. The van der Waals surface area contributed by atoms with Crippen LogP contribution in [0.2, 0.25) is 0 Å². The molecule has 0 aliphatic carbocycles. The van der Waals surface area contributed by atoms with Crippen LogP contribution >= 0.6 is 0 Å². The molecule has 0 spiro atoms. The average Bonchev–Trinajstić information content (AvgIpc) is 2.81. The van der Waals surface area contributed by atoms with Gasteiger partial charge in [-0.3, -0.25) is 9.78 Å². The number of hydrogen-bond acceptors (Lipinski definition) is 3. The van der Waals surface area contributed by atoms with Crippen molar-refractivity contribution in [3.8, 4) is 0 Å². The Hall–Kier alpha value is -2.69. The van der Waals surface area contributed by atoms with Crippen molar-refractivity contribution >= 4 is 17.2 Å². The molecule has 0 aliphatic heterocycles. The van der Waals surface area contributed by atoms with Gasteiger partial charge in [0.1, 0.15) is 0 Å². The minimum atomic E-state index is -0.170. The number of aryl methyl sites for hydroxylation is 1. The summed E-state index contributed by atoms with van der Waals surface area (Å²) in [5.41, 5.74) is 2.91. The third kappa shape index (κ3) is 2.18. The molecule has 0 aromatic carbocycles. The summed E-state index contributed by atoms with van der Waals surface area (Å²) in [5, 5.41) is 2.86. The summed E-state index contributed by atoms with van der Waals surface area (Å²) in [5.74, 6) is -0.170. The lowest BCUT2D eigenvalue weighted by molar-refractivity contribution is 0.102. The predicted molar refractivity (Wildman–Crippen MR) is 72.1 cm³/mol. The van der Waals surface area contributed by atoms with Crippen LogP contribution in [0, 0.1) is 6.92 Å². The summed E-state index contributed by atoms with van der Waals surface area (Å²) in [6.07, 6.45) is 7.00. The summed E-state index contributed by atoms with van der Waals surface area (Å²) < 4.78 is 1.89. The Kier molecular flexibility index (Phi) is 2.72. The summed E-state index contributed by atoms with van der Waals surface area (Å²) in [6.45, 7) is 1.92. The molecule has 3 rings (SSSR count). The van der Waals surface area contributed by atoms with Gasteiger partial charge >= 0.3 is 0 Å². The lowest BCUT2D eigenvalue weighted by Gasteiger charge is -2.06. The molecule has 0 atom stereocenters. The molecule has 19 heavy (non-hydrogen) atoms. The fourth-order valence-corrected chi connectivity index (χ4v) is 1.93. The smallest absolute Gasteiger partial charge is 0.255 e. The Bertz CT molecular complexity index is 734. The molecule has 0 fully saturated rings. The Balaban J connectivity index is 1.95. The van der Waals surface area contributed by atoms with Gasteiger partial charge in [0, 0.05) is 30.4 Å². The third-order valence-corrected chi connectivity index (χ3v) is 2.79. The van der Waals surface area contributed by atoms with Gasteiger partial charge in [0.15, 0.2) is 5.65 Å². The van der Waals surface area contributed by atoms with Crippen LogP contribution in [0.15, 0.2) is 49.1 Å². The van der Waals surface area contributed by atoms with Crippen molar-refractivity contribution in [3.63, 3.8) is 0 Å². The summed E-state index contributed by atoms with van der Waals surface area (Å²) in [7, 11) is 0. The van der Waals surface area contributed by atoms with E-state index < -0.39 is 0 Å². The molecule has 3 aromatic heterocycles. The number of amides is 1. The van der Waals surface area contributed by atoms with Crippen molar-refractivity contribution in [2.24, 2.45) is 0 Å². The summed E-state index contributed by atoms with van der Waals surface area (Å²) in [6, 6.07) is 7.05. The van der Waals surface area contributed by atoms with Crippen molar-refractivity contribution in [2.45, 2.75) is 6.92 Å². The van der Waals surface area contributed by atoms with Crippen molar-refractivity contribution < 1.29 is 4.79 Å². The maximum absolute atomic E-state index is 12.1. The quantitative estimate of drug-likeness (QED) is 0.761. The highest BCUT2D eigenvalue weighted by Gasteiger charge is 2.09. The standard InChI is InChI=1S/C14H12N4O/c1-10-9-18-8-2-3-12(13(18)16-10)17-14(19)11-4-6-15-7-5-11/h2-9H,1H3,(H,17,19). The number of carbonyl (C=O) groups excluding carboxylic acids is 1. The van der Waals surface area contributed by atoms with E-state index in [0.29, 0.717) is 11.3 Å². The van der Waals surface area contributed by atoms with Gasteiger partial charge < -0.3 is 9.72 Å². The van der Waals surface area contributed by atoms with Gasteiger partial charge in [-0.15, -0.1) is 0 Å². The lowest BCUT2D eigenvalue weighted by Crippen LogP contribution is -2.12. The molecule has 5 nitrogen and oxygen atoms in total. The molecule has 0 bridgehead atoms. The van der Waals surface area contributed by atoms with Crippen molar-refractivity contribution in [1.82, 2.24) is 14.4 Å². The van der Waals surface area contributed by atoms with E-state index in [2.05, 4.69) is 15.3 Å². The van der Waals surface area contributed by atoms with Crippen molar-refractivity contribution in [1.29, 1.82) is 0 Å². The maximum Gasteiger partial charge on any atom is 0.255 e. The molecule has 0 unspecified atom stereocenters. The topological polar surface area (TPSA) is 59.3 Å². The predicted octanol–water partition coefficient (Wildman–Crippen LogP) is 2.29. The third-order valence-electron chi connectivity index (χ3n) is 2.79. The number of nitrogens with one attached hydrogen (secondary N) is 1. The Labute approximate surface area is 109 Å². The van der Waals surface area contributed by atoms with E-state index in [1.807, 2.05) is 35.9 Å². The number of hydrogen-bond donors (Lipinski definition) is 1. The lowest BCUT2D eigenvalue weighted by atomic mass is 10.2. The van der Waals surface area contributed by atoms with E-state index in [0.717, 1.165) is 11.3 Å². The Morgan fingerprint density at radius 3 is 2.84 bits per heavy atom. The molecule has 0 radical (unpaired) electrons. The Morgan fingerprint density at radius 1 is 1.26 bits per heavy atom. The van der Waals surface area contributed by atoms with Crippen molar-refractivity contribution in [3.05, 3.63) is 60.3 Å². The second-order valence-corrected chi connectivity index (χ2v) is 4.23. The first-order chi connectivity index (χ1) is 9.24. The molecule has 94 valence electrons. The summed E-state index contributed by atoms with van der Waals surface area (Å²) in [4.78, 5) is 20.4. The fraction of sp³-hybridized carbons (Fsp3) is 0.0714. The highest BCUT2D eigenvalue weighted by molar-refractivity contribution is 6.05. The minimum absolute atomic E-state index is 0.170. The van der Waals surface area contributed by atoms with E-state index in [1.54, 1.807) is 24.5 Å².